The number of amides is 2. The van der Waals surface area contributed by atoms with Crippen LogP contribution < -0.4 is 10.6 Å². The van der Waals surface area contributed by atoms with E-state index in [1.165, 1.54) is 0 Å². The van der Waals surface area contributed by atoms with Gasteiger partial charge in [-0.05, 0) is 6.92 Å². The van der Waals surface area contributed by atoms with Gasteiger partial charge in [0, 0.05) is 13.6 Å². The molecule has 0 heterocycles. The van der Waals surface area contributed by atoms with Crippen LogP contribution in [0.5, 0.6) is 0 Å². The molecule has 0 aliphatic carbocycles. The summed E-state index contributed by atoms with van der Waals surface area (Å²) in [5, 5.41) is 4.68. The van der Waals surface area contributed by atoms with E-state index < -0.39 is 0 Å². The zero-order valence-electron chi connectivity index (χ0n) is 5.68. The van der Waals surface area contributed by atoms with Gasteiger partial charge in [-0.25, -0.2) is 0 Å². The summed E-state index contributed by atoms with van der Waals surface area (Å²) in [5.41, 5.74) is 0. The average Bonchev–Trinajstić information content (AvgIpc) is 1.91. The molecule has 0 radical (unpaired) electrons. The van der Waals surface area contributed by atoms with Crippen molar-refractivity contribution >= 4 is 12.8 Å². The second kappa shape index (κ2) is 15.8. The first-order chi connectivity index (χ1) is 4.33. The topological polar surface area (TPSA) is 58.2 Å². The van der Waals surface area contributed by atoms with Crippen molar-refractivity contribution < 1.29 is 9.59 Å². The van der Waals surface area contributed by atoms with Crippen LogP contribution in [0.25, 0.3) is 0 Å². The lowest BCUT2D eigenvalue weighted by atomic mass is 10.8. The molecule has 4 heteroatoms. The van der Waals surface area contributed by atoms with Gasteiger partial charge in [-0.1, -0.05) is 0 Å². The van der Waals surface area contributed by atoms with E-state index >= 15 is 0 Å². The monoisotopic (exact) mass is 132 g/mol. The minimum atomic E-state index is 0.625. The second-order valence-electron chi connectivity index (χ2n) is 1.08. The van der Waals surface area contributed by atoms with Crippen LogP contribution in [-0.2, 0) is 9.59 Å². The zero-order chi connectivity index (χ0) is 7.54. The molecule has 0 rings (SSSR count). The predicted molar refractivity (Wildman–Crippen MR) is 34.9 cm³/mol. The Morgan fingerprint density at radius 1 is 1.33 bits per heavy atom. The van der Waals surface area contributed by atoms with Crippen molar-refractivity contribution in [3.63, 3.8) is 0 Å². The Bertz CT molecular complexity index is 66.0. The lowest BCUT2D eigenvalue weighted by Gasteiger charge is -1.78. The third kappa shape index (κ3) is 45.0. The largest absolute Gasteiger partial charge is 0.362 e. The molecule has 4 nitrogen and oxygen atoms in total. The fourth-order valence-corrected chi connectivity index (χ4v) is 0.0833. The van der Waals surface area contributed by atoms with Crippen molar-refractivity contribution in [2.24, 2.45) is 0 Å². The maximum atomic E-state index is 9.29. The molecule has 0 aliphatic heterocycles. The minimum Gasteiger partial charge on any atom is -0.362 e. The lowest BCUT2D eigenvalue weighted by Crippen LogP contribution is -2.07. The first-order valence-corrected chi connectivity index (χ1v) is 2.61. The van der Waals surface area contributed by atoms with Gasteiger partial charge in [0.05, 0.1) is 0 Å². The van der Waals surface area contributed by atoms with Crippen LogP contribution in [0, 0.1) is 0 Å². The van der Waals surface area contributed by atoms with E-state index in [1.54, 1.807) is 7.05 Å². The standard InChI is InChI=1S/C3H7NO.C2H5NO/c1-2-4-3-5;1-3-2-4/h3H,2H2,1H3,(H,4,5);2H,1H3,(H,3,4). The van der Waals surface area contributed by atoms with Gasteiger partial charge < -0.3 is 10.6 Å². The van der Waals surface area contributed by atoms with Gasteiger partial charge in [0.25, 0.3) is 0 Å². The van der Waals surface area contributed by atoms with Gasteiger partial charge in [0.1, 0.15) is 0 Å². The molecule has 0 unspecified atom stereocenters. The summed E-state index contributed by atoms with van der Waals surface area (Å²) < 4.78 is 0. The van der Waals surface area contributed by atoms with E-state index in [4.69, 9.17) is 4.79 Å². The van der Waals surface area contributed by atoms with Crippen LogP contribution in [0.3, 0.4) is 0 Å². The molecular formula is C5H12N2O2. The molecule has 0 saturated carbocycles. The highest BCUT2D eigenvalue weighted by atomic mass is 16.1. The van der Waals surface area contributed by atoms with E-state index in [0.29, 0.717) is 12.8 Å². The van der Waals surface area contributed by atoms with Gasteiger partial charge in [-0.3, -0.25) is 9.59 Å². The van der Waals surface area contributed by atoms with E-state index in [-0.39, 0.29) is 0 Å². The number of carbonyl (C=O) groups excluding carboxylic acids is 2. The van der Waals surface area contributed by atoms with E-state index in [2.05, 4.69) is 10.6 Å². The predicted octanol–water partition coefficient (Wildman–Crippen LogP) is -0.885. The van der Waals surface area contributed by atoms with Crippen LogP contribution in [0.1, 0.15) is 6.92 Å². The SMILES string of the molecule is CCNC=O.CNC=O. The minimum absolute atomic E-state index is 0.625. The Morgan fingerprint density at radius 3 is 1.78 bits per heavy atom. The fraction of sp³-hybridized carbons (Fsp3) is 0.600. The Balaban J connectivity index is 0. The Kier molecular flexibility index (Phi) is 19.0. The molecule has 0 saturated heterocycles. The number of nitrogens with one attached hydrogen (secondary N) is 2. The molecule has 0 bridgehead atoms. The molecule has 0 spiro atoms. The van der Waals surface area contributed by atoms with Crippen LogP contribution in [0.4, 0.5) is 0 Å². The van der Waals surface area contributed by atoms with Gasteiger partial charge in [0.2, 0.25) is 12.8 Å². The molecule has 0 aromatic rings. The number of hydrogen-bond acceptors (Lipinski definition) is 2. The quantitative estimate of drug-likeness (QED) is 0.490. The first kappa shape index (κ1) is 10.8. The van der Waals surface area contributed by atoms with Crippen molar-refractivity contribution in [2.45, 2.75) is 6.92 Å². The maximum absolute atomic E-state index is 9.29. The highest BCUT2D eigenvalue weighted by molar-refractivity contribution is 5.45. The van der Waals surface area contributed by atoms with Crippen molar-refractivity contribution in [1.29, 1.82) is 0 Å². The van der Waals surface area contributed by atoms with Gasteiger partial charge in [-0.15, -0.1) is 0 Å². The van der Waals surface area contributed by atoms with Crippen molar-refractivity contribution in [2.75, 3.05) is 13.6 Å². The van der Waals surface area contributed by atoms with Crippen molar-refractivity contribution in [3.05, 3.63) is 0 Å². The van der Waals surface area contributed by atoms with Crippen LogP contribution in [-0.4, -0.2) is 26.4 Å². The van der Waals surface area contributed by atoms with Crippen LogP contribution >= 0.6 is 0 Å². The summed E-state index contributed by atoms with van der Waals surface area (Å²) in [4.78, 5) is 18.4. The molecule has 2 amide bonds. The Morgan fingerprint density at radius 2 is 1.78 bits per heavy atom. The van der Waals surface area contributed by atoms with E-state index in [1.807, 2.05) is 6.92 Å². The highest BCUT2D eigenvalue weighted by Crippen LogP contribution is 1.37. The molecule has 0 aromatic carbocycles. The maximum Gasteiger partial charge on any atom is 0.207 e. The molecule has 0 aliphatic rings. The van der Waals surface area contributed by atoms with Crippen LogP contribution in [0.15, 0.2) is 0 Å². The zero-order valence-corrected chi connectivity index (χ0v) is 5.68. The third-order valence-electron chi connectivity index (χ3n) is 0.405. The third-order valence-corrected chi connectivity index (χ3v) is 0.405. The first-order valence-electron chi connectivity index (χ1n) is 2.61. The molecule has 0 atom stereocenters. The van der Waals surface area contributed by atoms with E-state index in [9.17, 15) is 4.79 Å². The average molecular weight is 132 g/mol. The summed E-state index contributed by atoms with van der Waals surface area (Å²) in [6.45, 7) is 2.60. The number of hydrogen-bond donors (Lipinski definition) is 2. The molecule has 9 heavy (non-hydrogen) atoms. The van der Waals surface area contributed by atoms with Gasteiger partial charge in [0.15, 0.2) is 0 Å². The van der Waals surface area contributed by atoms with Gasteiger partial charge >= 0.3 is 0 Å². The normalized spacial score (nSPS) is 6.00. The Hall–Kier alpha value is -1.06. The highest BCUT2D eigenvalue weighted by Gasteiger charge is 1.59. The Labute approximate surface area is 54.6 Å². The summed E-state index contributed by atoms with van der Waals surface area (Å²) in [6.07, 6.45) is 1.31. The van der Waals surface area contributed by atoms with Crippen molar-refractivity contribution in [3.8, 4) is 0 Å². The van der Waals surface area contributed by atoms with Crippen LogP contribution in [0.2, 0.25) is 0 Å². The summed E-state index contributed by atoms with van der Waals surface area (Å²) >= 11 is 0. The number of carbonyl (C=O) groups is 2. The molecule has 0 fully saturated rings. The van der Waals surface area contributed by atoms with Crippen molar-refractivity contribution in [1.82, 2.24) is 10.6 Å². The number of rotatable bonds is 3. The van der Waals surface area contributed by atoms with E-state index in [0.717, 1.165) is 6.54 Å². The lowest BCUT2D eigenvalue weighted by molar-refractivity contribution is -0.110. The molecule has 2 N–H and O–H groups in total. The fourth-order valence-electron chi connectivity index (χ4n) is 0.0833. The van der Waals surface area contributed by atoms with Gasteiger partial charge in [-0.2, -0.15) is 0 Å². The smallest absolute Gasteiger partial charge is 0.207 e. The molecule has 0 aromatic heterocycles. The summed E-state index contributed by atoms with van der Waals surface area (Å²) in [5.74, 6) is 0. The summed E-state index contributed by atoms with van der Waals surface area (Å²) in [6, 6.07) is 0. The molecular weight excluding hydrogens is 120 g/mol. The second-order valence-corrected chi connectivity index (χ2v) is 1.08. The molecule has 54 valence electrons. The summed E-state index contributed by atoms with van der Waals surface area (Å²) in [7, 11) is 1.56.